The monoisotopic (exact) mass is 614 g/mol. The predicted molar refractivity (Wildman–Crippen MR) is 196 cm³/mol. The highest BCUT2D eigenvalue weighted by Crippen LogP contribution is 2.32. The van der Waals surface area contributed by atoms with Gasteiger partial charge in [0.05, 0.1) is 0 Å². The third kappa shape index (κ3) is 6.15. The highest BCUT2D eigenvalue weighted by Gasteiger charge is 2.15. The van der Waals surface area contributed by atoms with Crippen LogP contribution in [0.3, 0.4) is 0 Å². The standard InChI is InChI=1S/C44H30N4/c1-3-13-31(14-4-1)33-17-9-19-35(27-33)37-21-11-23-39(29-37)42-46-43(48-44(47-42)41-25-7-8-26-45-41)40-24-12-22-38(30-40)36-20-10-18-34(28-36)32-15-5-2-6-16-32/h1-30H. The number of hydrogen-bond acceptors (Lipinski definition) is 4. The summed E-state index contributed by atoms with van der Waals surface area (Å²) >= 11 is 0. The molecule has 6 aromatic carbocycles. The van der Waals surface area contributed by atoms with Gasteiger partial charge in [0.1, 0.15) is 5.69 Å². The van der Waals surface area contributed by atoms with Gasteiger partial charge in [-0.25, -0.2) is 15.0 Å². The molecule has 4 nitrogen and oxygen atoms in total. The van der Waals surface area contributed by atoms with Gasteiger partial charge < -0.3 is 0 Å². The van der Waals surface area contributed by atoms with Crippen LogP contribution in [0.4, 0.5) is 0 Å². The first-order chi connectivity index (χ1) is 23.8. The minimum atomic E-state index is 0.531. The third-order valence-electron chi connectivity index (χ3n) is 8.38. The Hall–Kier alpha value is -6.52. The number of hydrogen-bond donors (Lipinski definition) is 0. The molecule has 0 unspecified atom stereocenters. The maximum Gasteiger partial charge on any atom is 0.182 e. The smallest absolute Gasteiger partial charge is 0.182 e. The van der Waals surface area contributed by atoms with Crippen molar-refractivity contribution in [3.8, 4) is 78.8 Å². The molecule has 226 valence electrons. The van der Waals surface area contributed by atoms with Gasteiger partial charge in [0.15, 0.2) is 17.5 Å². The van der Waals surface area contributed by atoms with Crippen LogP contribution in [0.1, 0.15) is 0 Å². The van der Waals surface area contributed by atoms with Crippen LogP contribution < -0.4 is 0 Å². The minimum absolute atomic E-state index is 0.531. The average Bonchev–Trinajstić information content (AvgIpc) is 3.19. The van der Waals surface area contributed by atoms with Gasteiger partial charge in [-0.15, -0.1) is 0 Å². The largest absolute Gasteiger partial charge is 0.253 e. The van der Waals surface area contributed by atoms with Crippen molar-refractivity contribution in [1.29, 1.82) is 0 Å². The Kier molecular flexibility index (Phi) is 7.87. The molecule has 4 heteroatoms. The molecule has 8 rings (SSSR count). The summed E-state index contributed by atoms with van der Waals surface area (Å²) in [5, 5.41) is 0. The Balaban J connectivity index is 1.20. The second-order valence-electron chi connectivity index (χ2n) is 11.6. The fourth-order valence-corrected chi connectivity index (χ4v) is 5.94. The molecule has 0 saturated carbocycles. The first kappa shape index (κ1) is 28.9. The van der Waals surface area contributed by atoms with E-state index >= 15 is 0 Å². The Morgan fingerprint density at radius 3 is 1.00 bits per heavy atom. The molecule has 0 amide bonds. The van der Waals surface area contributed by atoms with E-state index in [-0.39, 0.29) is 0 Å². The van der Waals surface area contributed by atoms with Gasteiger partial charge in [0.2, 0.25) is 0 Å². The van der Waals surface area contributed by atoms with Crippen molar-refractivity contribution in [2.24, 2.45) is 0 Å². The molecule has 0 radical (unpaired) electrons. The Morgan fingerprint density at radius 2 is 0.583 bits per heavy atom. The highest BCUT2D eigenvalue weighted by molar-refractivity contribution is 5.78. The fraction of sp³-hybridized carbons (Fsp3) is 0. The number of benzene rings is 6. The van der Waals surface area contributed by atoms with Crippen molar-refractivity contribution in [2.75, 3.05) is 0 Å². The van der Waals surface area contributed by atoms with E-state index in [0.29, 0.717) is 23.2 Å². The van der Waals surface area contributed by atoms with Crippen molar-refractivity contribution in [3.05, 3.63) is 182 Å². The summed E-state index contributed by atoms with van der Waals surface area (Å²) in [5.41, 5.74) is 11.7. The zero-order chi connectivity index (χ0) is 32.1. The summed E-state index contributed by atoms with van der Waals surface area (Å²) in [6, 6.07) is 60.7. The molecule has 0 spiro atoms. The number of aromatic nitrogens is 4. The summed E-state index contributed by atoms with van der Waals surface area (Å²) in [6.45, 7) is 0. The summed E-state index contributed by atoms with van der Waals surface area (Å²) in [6.07, 6.45) is 1.76. The minimum Gasteiger partial charge on any atom is -0.253 e. The molecular formula is C44H30N4. The maximum atomic E-state index is 5.05. The van der Waals surface area contributed by atoms with Crippen LogP contribution in [0.5, 0.6) is 0 Å². The molecule has 0 aliphatic carbocycles. The average molecular weight is 615 g/mol. The van der Waals surface area contributed by atoms with Gasteiger partial charge >= 0.3 is 0 Å². The van der Waals surface area contributed by atoms with Crippen LogP contribution in [-0.2, 0) is 0 Å². The van der Waals surface area contributed by atoms with Gasteiger partial charge in [-0.05, 0) is 80.9 Å². The normalized spacial score (nSPS) is 10.9. The molecule has 0 aliphatic rings. The highest BCUT2D eigenvalue weighted by atomic mass is 15.0. The summed E-state index contributed by atoms with van der Waals surface area (Å²) in [5.74, 6) is 1.72. The molecule has 0 aliphatic heterocycles. The molecule has 0 fully saturated rings. The first-order valence-electron chi connectivity index (χ1n) is 16.0. The van der Waals surface area contributed by atoms with E-state index in [1.807, 2.05) is 30.3 Å². The van der Waals surface area contributed by atoms with Crippen molar-refractivity contribution >= 4 is 0 Å². The van der Waals surface area contributed by atoms with E-state index in [1.54, 1.807) is 6.20 Å². The predicted octanol–water partition coefficient (Wildman–Crippen LogP) is 10.9. The SMILES string of the molecule is c1ccc(-c2cccc(-c3cccc(-c4nc(-c5cccc(-c6cccc(-c7ccccc7)c6)c5)nc(-c5ccccn5)n4)c3)c2)cc1. The quantitative estimate of drug-likeness (QED) is 0.179. The van der Waals surface area contributed by atoms with Crippen molar-refractivity contribution in [3.63, 3.8) is 0 Å². The van der Waals surface area contributed by atoms with E-state index in [0.717, 1.165) is 33.4 Å². The number of nitrogens with zero attached hydrogens (tertiary/aromatic N) is 4. The Labute approximate surface area is 280 Å². The molecule has 0 bridgehead atoms. The van der Waals surface area contributed by atoms with Crippen LogP contribution in [-0.4, -0.2) is 19.9 Å². The van der Waals surface area contributed by atoms with E-state index in [1.165, 1.54) is 22.3 Å². The summed E-state index contributed by atoms with van der Waals surface area (Å²) < 4.78 is 0. The van der Waals surface area contributed by atoms with Crippen LogP contribution in [0.25, 0.3) is 78.8 Å². The van der Waals surface area contributed by atoms with Crippen LogP contribution >= 0.6 is 0 Å². The van der Waals surface area contributed by atoms with Gasteiger partial charge in [-0.1, -0.05) is 140 Å². The van der Waals surface area contributed by atoms with Gasteiger partial charge in [-0.3, -0.25) is 4.98 Å². The molecule has 2 aromatic heterocycles. The zero-order valence-electron chi connectivity index (χ0n) is 26.1. The molecule has 48 heavy (non-hydrogen) atoms. The fourth-order valence-electron chi connectivity index (χ4n) is 5.94. The van der Waals surface area contributed by atoms with Gasteiger partial charge in [-0.2, -0.15) is 0 Å². The van der Waals surface area contributed by atoms with Gasteiger partial charge in [0.25, 0.3) is 0 Å². The Morgan fingerprint density at radius 1 is 0.250 bits per heavy atom. The lowest BCUT2D eigenvalue weighted by Gasteiger charge is -2.11. The summed E-state index contributed by atoms with van der Waals surface area (Å²) in [7, 11) is 0. The van der Waals surface area contributed by atoms with E-state index in [2.05, 4.69) is 151 Å². The van der Waals surface area contributed by atoms with Crippen molar-refractivity contribution < 1.29 is 0 Å². The molecule has 2 heterocycles. The molecule has 0 N–H and O–H groups in total. The molecule has 0 atom stereocenters. The Bertz CT molecular complexity index is 2190. The van der Waals surface area contributed by atoms with Crippen molar-refractivity contribution in [2.45, 2.75) is 0 Å². The lowest BCUT2D eigenvalue weighted by molar-refractivity contribution is 1.06. The van der Waals surface area contributed by atoms with Crippen molar-refractivity contribution in [1.82, 2.24) is 19.9 Å². The second kappa shape index (κ2) is 13.1. The number of rotatable bonds is 7. The first-order valence-corrected chi connectivity index (χ1v) is 16.0. The lowest BCUT2D eigenvalue weighted by Crippen LogP contribution is -2.01. The third-order valence-corrected chi connectivity index (χ3v) is 8.38. The topological polar surface area (TPSA) is 51.6 Å². The molecule has 8 aromatic rings. The molecule has 0 saturated heterocycles. The van der Waals surface area contributed by atoms with E-state index < -0.39 is 0 Å². The second-order valence-corrected chi connectivity index (χ2v) is 11.6. The summed E-state index contributed by atoms with van der Waals surface area (Å²) in [4.78, 5) is 19.5. The lowest BCUT2D eigenvalue weighted by atomic mass is 9.97. The van der Waals surface area contributed by atoms with Crippen LogP contribution in [0.2, 0.25) is 0 Å². The maximum absolute atomic E-state index is 5.05. The number of pyridine rings is 1. The molecular weight excluding hydrogens is 585 g/mol. The zero-order valence-corrected chi connectivity index (χ0v) is 26.1. The van der Waals surface area contributed by atoms with Gasteiger partial charge in [0, 0.05) is 17.3 Å². The van der Waals surface area contributed by atoms with E-state index in [4.69, 9.17) is 15.0 Å². The van der Waals surface area contributed by atoms with E-state index in [9.17, 15) is 0 Å². The van der Waals surface area contributed by atoms with Crippen LogP contribution in [0, 0.1) is 0 Å². The van der Waals surface area contributed by atoms with Crippen LogP contribution in [0.15, 0.2) is 182 Å².